The van der Waals surface area contributed by atoms with Crippen LogP contribution in [0.15, 0.2) is 21.7 Å². The van der Waals surface area contributed by atoms with Crippen LogP contribution in [0.4, 0.5) is 5.88 Å². The Balaban J connectivity index is 2.09. The largest absolute Gasteiger partial charge is 0.433 e. The van der Waals surface area contributed by atoms with Crippen molar-refractivity contribution in [1.82, 2.24) is 9.91 Å². The van der Waals surface area contributed by atoms with Gasteiger partial charge in [-0.1, -0.05) is 0 Å². The van der Waals surface area contributed by atoms with Crippen LogP contribution in [-0.4, -0.2) is 45.7 Å². The summed E-state index contributed by atoms with van der Waals surface area (Å²) in [6.07, 6.45) is 1.27. The SMILES string of the molecule is CN1C(=O)CN(N=Cc2ccc([N+](=O)[O-])o2)C1=S. The molecule has 1 amide bonds. The van der Waals surface area contributed by atoms with E-state index in [4.69, 9.17) is 16.6 Å². The van der Waals surface area contributed by atoms with Crippen molar-refractivity contribution in [3.63, 3.8) is 0 Å². The molecule has 18 heavy (non-hydrogen) atoms. The van der Waals surface area contributed by atoms with E-state index in [0.717, 1.165) is 0 Å². The molecule has 2 heterocycles. The maximum absolute atomic E-state index is 11.3. The molecule has 1 fully saturated rings. The van der Waals surface area contributed by atoms with Gasteiger partial charge < -0.3 is 4.42 Å². The van der Waals surface area contributed by atoms with Crippen molar-refractivity contribution in [2.24, 2.45) is 5.10 Å². The summed E-state index contributed by atoms with van der Waals surface area (Å²) in [5, 5.41) is 15.9. The van der Waals surface area contributed by atoms with Crippen LogP contribution in [-0.2, 0) is 4.79 Å². The zero-order chi connectivity index (χ0) is 13.3. The minimum absolute atomic E-state index is 0.0502. The Labute approximate surface area is 107 Å². The normalized spacial score (nSPS) is 16.1. The van der Waals surface area contributed by atoms with Crippen LogP contribution in [0.1, 0.15) is 5.76 Å². The topological polar surface area (TPSA) is 92.2 Å². The molecule has 0 saturated carbocycles. The molecule has 0 bridgehead atoms. The average Bonchev–Trinajstić information content (AvgIpc) is 2.88. The number of nitro groups is 1. The molecule has 9 heteroatoms. The summed E-state index contributed by atoms with van der Waals surface area (Å²) in [7, 11) is 1.55. The van der Waals surface area contributed by atoms with E-state index in [2.05, 4.69) is 5.10 Å². The van der Waals surface area contributed by atoms with Crippen molar-refractivity contribution in [2.45, 2.75) is 0 Å². The van der Waals surface area contributed by atoms with E-state index in [9.17, 15) is 14.9 Å². The number of furan rings is 1. The smallest absolute Gasteiger partial charge is 0.400 e. The Morgan fingerprint density at radius 1 is 1.61 bits per heavy atom. The van der Waals surface area contributed by atoms with Gasteiger partial charge >= 0.3 is 5.88 Å². The van der Waals surface area contributed by atoms with Gasteiger partial charge in [-0.2, -0.15) is 5.10 Å². The lowest BCUT2D eigenvalue weighted by molar-refractivity contribution is -0.402. The minimum Gasteiger partial charge on any atom is -0.400 e. The van der Waals surface area contributed by atoms with Crippen molar-refractivity contribution in [2.75, 3.05) is 13.6 Å². The lowest BCUT2D eigenvalue weighted by atomic mass is 10.5. The summed E-state index contributed by atoms with van der Waals surface area (Å²) in [5.74, 6) is -0.317. The third-order valence-corrected chi connectivity index (χ3v) is 2.77. The third-order valence-electron chi connectivity index (χ3n) is 2.28. The van der Waals surface area contributed by atoms with Crippen molar-refractivity contribution < 1.29 is 14.1 Å². The van der Waals surface area contributed by atoms with Crippen LogP contribution in [0.3, 0.4) is 0 Å². The molecule has 0 N–H and O–H groups in total. The van der Waals surface area contributed by atoms with Gasteiger partial charge in [-0.15, -0.1) is 0 Å². The van der Waals surface area contributed by atoms with Crippen LogP contribution in [0.5, 0.6) is 0 Å². The summed E-state index contributed by atoms with van der Waals surface area (Å²) >= 11 is 4.98. The van der Waals surface area contributed by atoms with Crippen molar-refractivity contribution >= 4 is 35.3 Å². The number of carbonyl (C=O) groups excluding carboxylic acids is 1. The summed E-state index contributed by atoms with van der Waals surface area (Å²) < 4.78 is 4.88. The van der Waals surface area contributed by atoms with Gasteiger partial charge in [0.05, 0.1) is 12.3 Å². The highest BCUT2D eigenvalue weighted by Gasteiger charge is 2.29. The molecular formula is C9H8N4O4S. The van der Waals surface area contributed by atoms with E-state index in [0.29, 0.717) is 0 Å². The number of amides is 1. The summed E-state index contributed by atoms with van der Waals surface area (Å²) in [6.45, 7) is 0.0502. The number of hydrogen-bond donors (Lipinski definition) is 0. The minimum atomic E-state index is -0.644. The number of likely N-dealkylation sites (N-methyl/N-ethyl adjacent to an activating group) is 1. The first-order valence-corrected chi connectivity index (χ1v) is 5.26. The molecule has 94 valence electrons. The number of thiocarbonyl (C=S) groups is 1. The molecular weight excluding hydrogens is 260 g/mol. The number of carbonyl (C=O) groups is 1. The van der Waals surface area contributed by atoms with Crippen LogP contribution in [0, 0.1) is 10.1 Å². The van der Waals surface area contributed by atoms with E-state index >= 15 is 0 Å². The first-order valence-electron chi connectivity index (χ1n) is 4.85. The zero-order valence-corrected chi connectivity index (χ0v) is 10.1. The number of hydrogen-bond acceptors (Lipinski definition) is 6. The van der Waals surface area contributed by atoms with Gasteiger partial charge in [0.15, 0.2) is 10.9 Å². The first kappa shape index (κ1) is 12.2. The number of rotatable bonds is 3. The summed E-state index contributed by atoms with van der Waals surface area (Å²) in [4.78, 5) is 22.4. The number of nitrogens with zero attached hydrogens (tertiary/aromatic N) is 4. The van der Waals surface area contributed by atoms with Gasteiger partial charge in [0.1, 0.15) is 11.5 Å². The first-order chi connectivity index (χ1) is 8.49. The van der Waals surface area contributed by atoms with Crippen molar-refractivity contribution in [3.8, 4) is 0 Å². The predicted molar refractivity (Wildman–Crippen MR) is 65.0 cm³/mol. The molecule has 1 aliphatic rings. The fraction of sp³-hybridized carbons (Fsp3) is 0.222. The fourth-order valence-corrected chi connectivity index (χ4v) is 1.52. The van der Waals surface area contributed by atoms with Crippen LogP contribution in [0.2, 0.25) is 0 Å². The lowest BCUT2D eigenvalue weighted by Crippen LogP contribution is -2.26. The molecule has 0 atom stereocenters. The Bertz CT molecular complexity index is 553. The second kappa shape index (κ2) is 4.53. The van der Waals surface area contributed by atoms with E-state index in [1.165, 1.54) is 28.3 Å². The van der Waals surface area contributed by atoms with Crippen molar-refractivity contribution in [3.05, 3.63) is 28.0 Å². The van der Waals surface area contributed by atoms with E-state index in [1.54, 1.807) is 7.05 Å². The average molecular weight is 268 g/mol. The molecule has 0 aliphatic carbocycles. The molecule has 0 spiro atoms. The predicted octanol–water partition coefficient (Wildman–Crippen LogP) is 0.581. The molecule has 0 radical (unpaired) electrons. The van der Waals surface area contributed by atoms with Gasteiger partial charge in [-0.3, -0.25) is 19.8 Å². The molecule has 8 nitrogen and oxygen atoms in total. The summed E-state index contributed by atoms with van der Waals surface area (Å²) in [6, 6.07) is 2.63. The van der Waals surface area contributed by atoms with Crippen LogP contribution in [0.25, 0.3) is 0 Å². The Hall–Kier alpha value is -2.29. The second-order valence-electron chi connectivity index (χ2n) is 3.47. The Kier molecular flexibility index (Phi) is 3.06. The third kappa shape index (κ3) is 2.20. The molecule has 1 saturated heterocycles. The maximum Gasteiger partial charge on any atom is 0.433 e. The quantitative estimate of drug-likeness (QED) is 0.344. The fourth-order valence-electron chi connectivity index (χ4n) is 1.31. The molecule has 0 unspecified atom stereocenters. The van der Waals surface area contributed by atoms with Gasteiger partial charge in [0.25, 0.3) is 0 Å². The van der Waals surface area contributed by atoms with Gasteiger partial charge in [-0.05, 0) is 18.3 Å². The molecule has 1 aromatic rings. The highest BCUT2D eigenvalue weighted by atomic mass is 32.1. The lowest BCUT2D eigenvalue weighted by Gasteiger charge is -2.10. The monoisotopic (exact) mass is 268 g/mol. The van der Waals surface area contributed by atoms with Gasteiger partial charge in [0, 0.05) is 7.05 Å². The van der Waals surface area contributed by atoms with E-state index < -0.39 is 4.92 Å². The molecule has 2 rings (SSSR count). The number of hydrazone groups is 1. The second-order valence-corrected chi connectivity index (χ2v) is 3.84. The highest BCUT2D eigenvalue weighted by Crippen LogP contribution is 2.14. The zero-order valence-electron chi connectivity index (χ0n) is 9.27. The summed E-state index contributed by atoms with van der Waals surface area (Å²) in [5.41, 5.74) is 0. The molecule has 1 aliphatic heterocycles. The van der Waals surface area contributed by atoms with E-state index in [1.807, 2.05) is 0 Å². The van der Waals surface area contributed by atoms with E-state index in [-0.39, 0.29) is 29.2 Å². The van der Waals surface area contributed by atoms with Crippen LogP contribution < -0.4 is 0 Å². The van der Waals surface area contributed by atoms with Gasteiger partial charge in [-0.25, -0.2) is 5.01 Å². The Morgan fingerprint density at radius 3 is 2.83 bits per heavy atom. The van der Waals surface area contributed by atoms with Crippen LogP contribution >= 0.6 is 12.2 Å². The van der Waals surface area contributed by atoms with Crippen molar-refractivity contribution in [1.29, 1.82) is 0 Å². The standard InChI is InChI=1S/C9H8N4O4S/c1-11-7(14)5-12(9(11)18)10-4-6-2-3-8(17-6)13(15)16/h2-4H,5H2,1H3. The highest BCUT2D eigenvalue weighted by molar-refractivity contribution is 7.80. The molecule has 1 aromatic heterocycles. The van der Waals surface area contributed by atoms with Gasteiger partial charge in [0.2, 0.25) is 5.91 Å². The Morgan fingerprint density at radius 2 is 2.33 bits per heavy atom. The maximum atomic E-state index is 11.3. The molecule has 0 aromatic carbocycles.